The van der Waals surface area contributed by atoms with E-state index >= 15 is 0 Å². The fourth-order valence-electron chi connectivity index (χ4n) is 3.11. The monoisotopic (exact) mass is 354 g/mol. The number of piperidine rings is 1. The van der Waals surface area contributed by atoms with E-state index in [-0.39, 0.29) is 17.3 Å². The summed E-state index contributed by atoms with van der Waals surface area (Å²) in [4.78, 5) is 34.0. The topological polar surface area (TPSA) is 78.1 Å². The van der Waals surface area contributed by atoms with Crippen molar-refractivity contribution in [2.75, 3.05) is 23.3 Å². The molecule has 3 heterocycles. The van der Waals surface area contributed by atoms with Crippen molar-refractivity contribution < 1.29 is 4.79 Å². The Balaban J connectivity index is 1.49. The number of aromatic nitrogens is 2. The maximum atomic E-state index is 12.6. The highest BCUT2D eigenvalue weighted by Crippen LogP contribution is 2.31. The minimum atomic E-state index is -0.189. The molecule has 7 heteroatoms. The second kappa shape index (κ2) is 6.68. The van der Waals surface area contributed by atoms with Gasteiger partial charge in [0.05, 0.1) is 16.1 Å². The molecule has 4 rings (SSSR count). The van der Waals surface area contributed by atoms with Crippen molar-refractivity contribution in [3.63, 3.8) is 0 Å². The molecule has 3 aromatic rings. The van der Waals surface area contributed by atoms with Crippen LogP contribution in [0.1, 0.15) is 12.8 Å². The maximum absolute atomic E-state index is 12.6. The van der Waals surface area contributed by atoms with Gasteiger partial charge in [-0.15, -0.1) is 0 Å². The van der Waals surface area contributed by atoms with Crippen LogP contribution in [0.5, 0.6) is 0 Å². The summed E-state index contributed by atoms with van der Waals surface area (Å²) in [6.07, 6.45) is 4.82. The van der Waals surface area contributed by atoms with Gasteiger partial charge in [0.2, 0.25) is 11.3 Å². The van der Waals surface area contributed by atoms with E-state index in [0.717, 1.165) is 34.7 Å². The van der Waals surface area contributed by atoms with Crippen molar-refractivity contribution in [2.24, 2.45) is 5.92 Å². The van der Waals surface area contributed by atoms with Gasteiger partial charge in [-0.1, -0.05) is 23.5 Å². The molecule has 0 bridgehead atoms. The number of amides is 1. The molecule has 1 fully saturated rings. The zero-order valence-corrected chi connectivity index (χ0v) is 14.4. The van der Waals surface area contributed by atoms with E-state index in [2.05, 4.69) is 26.3 Å². The molecule has 2 N–H and O–H groups in total. The molecule has 0 saturated carbocycles. The Morgan fingerprint density at radius 2 is 2.20 bits per heavy atom. The summed E-state index contributed by atoms with van der Waals surface area (Å²) < 4.78 is 1.15. The smallest absolute Gasteiger partial charge is 0.229 e. The van der Waals surface area contributed by atoms with Gasteiger partial charge in [-0.2, -0.15) is 0 Å². The standard InChI is InChI=1S/C18H18N4O2S/c23-15-7-8-19-10-14(15)20-17(24)12-4-3-9-22(11-12)18-21-13-5-1-2-6-16(13)25-18/h1-2,5-8,10,12H,3-4,9,11H2,(H,19,23)(H,20,24)/t12-/m0/s1. The number of H-pyrrole nitrogens is 1. The first-order chi connectivity index (χ1) is 12.2. The van der Waals surface area contributed by atoms with E-state index < -0.39 is 0 Å². The summed E-state index contributed by atoms with van der Waals surface area (Å²) in [5.41, 5.74) is 1.10. The normalized spacial score (nSPS) is 17.6. The number of para-hydroxylation sites is 1. The molecular formula is C18H18N4O2S. The summed E-state index contributed by atoms with van der Waals surface area (Å²) in [5, 5.41) is 3.71. The quantitative estimate of drug-likeness (QED) is 0.758. The molecule has 2 aromatic heterocycles. The summed E-state index contributed by atoms with van der Waals surface area (Å²) in [6, 6.07) is 9.46. The Labute approximate surface area is 148 Å². The van der Waals surface area contributed by atoms with Gasteiger partial charge >= 0.3 is 0 Å². The Morgan fingerprint density at radius 1 is 1.32 bits per heavy atom. The molecule has 1 aliphatic rings. The highest BCUT2D eigenvalue weighted by molar-refractivity contribution is 7.22. The molecular weight excluding hydrogens is 336 g/mol. The highest BCUT2D eigenvalue weighted by atomic mass is 32.1. The fourth-order valence-corrected chi connectivity index (χ4v) is 4.11. The van der Waals surface area contributed by atoms with Crippen molar-refractivity contribution >= 4 is 38.3 Å². The van der Waals surface area contributed by atoms with Crippen LogP contribution in [-0.2, 0) is 4.79 Å². The zero-order valence-electron chi connectivity index (χ0n) is 13.6. The number of carbonyl (C=O) groups excluding carboxylic acids is 1. The average Bonchev–Trinajstić information content (AvgIpc) is 3.08. The number of rotatable bonds is 3. The number of anilines is 2. The molecule has 0 aliphatic carbocycles. The van der Waals surface area contributed by atoms with Crippen LogP contribution in [0.2, 0.25) is 0 Å². The Hall–Kier alpha value is -2.67. The number of carbonyl (C=O) groups is 1. The number of hydrogen-bond donors (Lipinski definition) is 2. The van der Waals surface area contributed by atoms with Crippen molar-refractivity contribution in [1.29, 1.82) is 0 Å². The van der Waals surface area contributed by atoms with Crippen LogP contribution >= 0.6 is 11.3 Å². The predicted octanol–water partition coefficient (Wildman–Crippen LogP) is 2.84. The van der Waals surface area contributed by atoms with Crippen molar-refractivity contribution in [3.8, 4) is 0 Å². The summed E-state index contributed by atoms with van der Waals surface area (Å²) >= 11 is 1.65. The van der Waals surface area contributed by atoms with Crippen molar-refractivity contribution in [3.05, 3.63) is 52.9 Å². The van der Waals surface area contributed by atoms with Crippen LogP contribution in [0.3, 0.4) is 0 Å². The van der Waals surface area contributed by atoms with Crippen LogP contribution in [0.4, 0.5) is 10.8 Å². The molecule has 1 aromatic carbocycles. The first kappa shape index (κ1) is 15.8. The molecule has 1 amide bonds. The van der Waals surface area contributed by atoms with Crippen LogP contribution < -0.4 is 15.6 Å². The Morgan fingerprint density at radius 3 is 3.04 bits per heavy atom. The third-order valence-corrected chi connectivity index (χ3v) is 5.52. The van der Waals surface area contributed by atoms with Gasteiger partial charge in [-0.25, -0.2) is 4.98 Å². The van der Waals surface area contributed by atoms with E-state index in [4.69, 9.17) is 0 Å². The summed E-state index contributed by atoms with van der Waals surface area (Å²) in [6.45, 7) is 1.52. The van der Waals surface area contributed by atoms with Gasteiger partial charge in [0.1, 0.15) is 5.69 Å². The van der Waals surface area contributed by atoms with E-state index in [1.165, 1.54) is 12.3 Å². The van der Waals surface area contributed by atoms with Gasteiger partial charge in [0, 0.05) is 31.5 Å². The first-order valence-electron chi connectivity index (χ1n) is 8.29. The van der Waals surface area contributed by atoms with Crippen molar-refractivity contribution in [1.82, 2.24) is 9.97 Å². The van der Waals surface area contributed by atoms with Gasteiger partial charge in [-0.05, 0) is 25.0 Å². The largest absolute Gasteiger partial charge is 0.366 e. The summed E-state index contributed by atoms with van der Waals surface area (Å²) in [7, 11) is 0. The predicted molar refractivity (Wildman–Crippen MR) is 100 cm³/mol. The van der Waals surface area contributed by atoms with E-state index in [1.54, 1.807) is 17.5 Å². The lowest BCUT2D eigenvalue weighted by Gasteiger charge is -2.31. The number of benzene rings is 1. The van der Waals surface area contributed by atoms with Gasteiger partial charge < -0.3 is 15.2 Å². The van der Waals surface area contributed by atoms with E-state index in [0.29, 0.717) is 12.2 Å². The maximum Gasteiger partial charge on any atom is 0.229 e. The third kappa shape index (κ3) is 3.28. The lowest BCUT2D eigenvalue weighted by molar-refractivity contribution is -0.120. The molecule has 128 valence electrons. The SMILES string of the molecule is O=C(Nc1c[nH]ccc1=O)[C@H]1CCCN(c2nc3ccccc3s2)C1. The lowest BCUT2D eigenvalue weighted by atomic mass is 9.97. The minimum Gasteiger partial charge on any atom is -0.366 e. The second-order valence-corrected chi connectivity index (χ2v) is 7.17. The van der Waals surface area contributed by atoms with E-state index in [1.807, 2.05) is 18.2 Å². The molecule has 0 radical (unpaired) electrons. The van der Waals surface area contributed by atoms with Crippen LogP contribution in [0.25, 0.3) is 10.2 Å². The molecule has 1 aliphatic heterocycles. The Kier molecular flexibility index (Phi) is 4.23. The highest BCUT2D eigenvalue weighted by Gasteiger charge is 2.27. The third-order valence-electron chi connectivity index (χ3n) is 4.43. The fraction of sp³-hybridized carbons (Fsp3) is 0.278. The number of nitrogens with zero attached hydrogens (tertiary/aromatic N) is 2. The van der Waals surface area contributed by atoms with E-state index in [9.17, 15) is 9.59 Å². The Bertz CT molecular complexity index is 932. The molecule has 0 spiro atoms. The van der Waals surface area contributed by atoms with Gasteiger partial charge in [-0.3, -0.25) is 9.59 Å². The molecule has 6 nitrogen and oxygen atoms in total. The molecule has 1 atom stereocenters. The number of pyridine rings is 1. The summed E-state index contributed by atoms with van der Waals surface area (Å²) in [5.74, 6) is -0.261. The second-order valence-electron chi connectivity index (χ2n) is 6.16. The van der Waals surface area contributed by atoms with Crippen LogP contribution in [0.15, 0.2) is 47.5 Å². The number of nitrogens with one attached hydrogen (secondary N) is 2. The average molecular weight is 354 g/mol. The number of aromatic amines is 1. The van der Waals surface area contributed by atoms with Crippen molar-refractivity contribution in [2.45, 2.75) is 12.8 Å². The lowest BCUT2D eigenvalue weighted by Crippen LogP contribution is -2.41. The first-order valence-corrected chi connectivity index (χ1v) is 9.11. The number of thiazole rings is 1. The van der Waals surface area contributed by atoms with Crippen LogP contribution in [-0.4, -0.2) is 29.0 Å². The number of hydrogen-bond acceptors (Lipinski definition) is 5. The van der Waals surface area contributed by atoms with Crippen LogP contribution in [0, 0.1) is 5.92 Å². The van der Waals surface area contributed by atoms with Gasteiger partial charge in [0.15, 0.2) is 5.13 Å². The molecule has 1 saturated heterocycles. The molecule has 0 unspecified atom stereocenters. The number of fused-ring (bicyclic) bond motifs is 1. The van der Waals surface area contributed by atoms with Gasteiger partial charge in [0.25, 0.3) is 0 Å². The minimum absolute atomic E-state index is 0.109. The molecule has 25 heavy (non-hydrogen) atoms. The zero-order chi connectivity index (χ0) is 17.2.